The van der Waals surface area contributed by atoms with E-state index in [1.165, 1.54) is 12.5 Å². The number of nitrogens with one attached hydrogen (secondary N) is 1. The van der Waals surface area contributed by atoms with Crippen LogP contribution in [-0.4, -0.2) is 58.2 Å². The Balaban J connectivity index is 1.60. The number of nitrogens with two attached hydrogens (primary N) is 1. The molecule has 1 unspecified atom stereocenters. The van der Waals surface area contributed by atoms with Crippen LogP contribution in [-0.2, 0) is 4.74 Å². The van der Waals surface area contributed by atoms with Crippen molar-refractivity contribution in [2.24, 2.45) is 16.6 Å². The maximum absolute atomic E-state index is 15.4. The van der Waals surface area contributed by atoms with E-state index in [-0.39, 0.29) is 30.4 Å². The third-order valence-electron chi connectivity index (χ3n) is 6.56. The molecule has 2 aromatic heterocycles. The minimum Gasteiger partial charge on any atom is -0.489 e. The molecule has 1 aliphatic rings. The number of aromatic nitrogens is 3. The van der Waals surface area contributed by atoms with Crippen LogP contribution in [0.5, 0.6) is 5.75 Å². The van der Waals surface area contributed by atoms with Crippen molar-refractivity contribution in [3.8, 4) is 5.75 Å². The van der Waals surface area contributed by atoms with E-state index in [0.29, 0.717) is 52.2 Å². The van der Waals surface area contributed by atoms with Crippen molar-refractivity contribution < 1.29 is 19.0 Å². The molecule has 10 heteroatoms. The fourth-order valence-corrected chi connectivity index (χ4v) is 4.14. The highest BCUT2D eigenvalue weighted by Gasteiger charge is 2.28. The fraction of sp³-hybridized carbons (Fsp3) is 0.286. The Hall–Kier alpha value is -4.15. The lowest BCUT2D eigenvalue weighted by atomic mass is 10.0. The first-order valence-corrected chi connectivity index (χ1v) is 12.4. The second-order valence-corrected chi connectivity index (χ2v) is 9.27. The van der Waals surface area contributed by atoms with Crippen molar-refractivity contribution in [2.75, 3.05) is 25.1 Å². The van der Waals surface area contributed by atoms with Crippen molar-refractivity contribution in [2.45, 2.75) is 26.0 Å². The van der Waals surface area contributed by atoms with Gasteiger partial charge >= 0.3 is 0 Å². The molecule has 9 nitrogen and oxygen atoms in total. The van der Waals surface area contributed by atoms with E-state index in [1.54, 1.807) is 43.6 Å². The first-order valence-electron chi connectivity index (χ1n) is 12.4. The van der Waals surface area contributed by atoms with E-state index in [1.807, 2.05) is 19.1 Å². The summed E-state index contributed by atoms with van der Waals surface area (Å²) < 4.78 is 27.2. The number of nitrogens with zero attached hydrogens (tertiary/aromatic N) is 4. The summed E-state index contributed by atoms with van der Waals surface area (Å²) in [6.07, 6.45) is 5.96. The van der Waals surface area contributed by atoms with Crippen molar-refractivity contribution in [3.05, 3.63) is 66.5 Å². The maximum Gasteiger partial charge on any atom is 0.156 e. The van der Waals surface area contributed by atoms with Crippen LogP contribution < -0.4 is 15.8 Å². The summed E-state index contributed by atoms with van der Waals surface area (Å²) >= 11 is 0. The van der Waals surface area contributed by atoms with Gasteiger partial charge in [0, 0.05) is 35.5 Å². The molecule has 2 aromatic carbocycles. The summed E-state index contributed by atoms with van der Waals surface area (Å²) in [6, 6.07) is 10.2. The van der Waals surface area contributed by atoms with Gasteiger partial charge in [0.1, 0.15) is 24.0 Å². The minimum absolute atomic E-state index is 0.0783. The molecule has 0 spiro atoms. The molecule has 0 amide bonds. The predicted octanol–water partition coefficient (Wildman–Crippen LogP) is 4.23. The zero-order chi connectivity index (χ0) is 26.6. The predicted molar refractivity (Wildman–Crippen MR) is 146 cm³/mol. The van der Waals surface area contributed by atoms with Crippen LogP contribution in [0.15, 0.2) is 60.1 Å². The Kier molecular flexibility index (Phi) is 7.43. The van der Waals surface area contributed by atoms with E-state index in [4.69, 9.17) is 15.2 Å². The highest BCUT2D eigenvalue weighted by atomic mass is 19.1. The number of rotatable bonds is 9. The number of aliphatic hydroxyl groups is 1. The third-order valence-corrected chi connectivity index (χ3v) is 6.56. The molecule has 196 valence electrons. The summed E-state index contributed by atoms with van der Waals surface area (Å²) in [7, 11) is 0. The van der Waals surface area contributed by atoms with E-state index in [2.05, 4.69) is 25.3 Å². The first kappa shape index (κ1) is 25.5. The topological polar surface area (TPSA) is 128 Å². The molecule has 1 fully saturated rings. The summed E-state index contributed by atoms with van der Waals surface area (Å²) in [6.45, 7) is 4.95. The van der Waals surface area contributed by atoms with Gasteiger partial charge in [0.25, 0.3) is 0 Å². The van der Waals surface area contributed by atoms with E-state index < -0.39 is 5.82 Å². The lowest BCUT2D eigenvalue weighted by Gasteiger charge is -2.32. The van der Waals surface area contributed by atoms with Gasteiger partial charge in [0.15, 0.2) is 5.82 Å². The molecule has 3 heterocycles. The Morgan fingerprint density at radius 2 is 2.08 bits per heavy atom. The third kappa shape index (κ3) is 5.13. The maximum atomic E-state index is 15.4. The number of hydrogen-bond acceptors (Lipinski definition) is 9. The van der Waals surface area contributed by atoms with Crippen LogP contribution in [0.2, 0.25) is 0 Å². The van der Waals surface area contributed by atoms with Gasteiger partial charge in [-0.15, -0.1) is 0 Å². The number of ether oxygens (including phenoxy) is 2. The van der Waals surface area contributed by atoms with Crippen LogP contribution in [0.1, 0.15) is 19.4 Å². The normalized spacial score (nSPS) is 16.1. The number of aliphatic hydroxyl groups excluding tert-OH is 1. The van der Waals surface area contributed by atoms with Gasteiger partial charge in [-0.05, 0) is 55.8 Å². The van der Waals surface area contributed by atoms with Crippen LogP contribution in [0.4, 0.5) is 15.9 Å². The molecule has 1 saturated heterocycles. The number of allylic oxidation sites excluding steroid dienone is 1. The standard InChI is InChI=1S/C28H29FN6O3/c1-16(12-36)32-11-19(10-30)18-8-24-26(25(9-18)38-17(2)20-13-37-14-20)28(34-15-33-24)35-23-6-5-22-21(27(23)29)4-3-7-31-22/h3-11,15-17,20,36H,12-14,30H2,1-2H3,(H,33,34,35)/b19-10+,32-11?/t16?,17-/m1/s1. The van der Waals surface area contributed by atoms with Crippen LogP contribution in [0, 0.1) is 11.7 Å². The van der Waals surface area contributed by atoms with Crippen molar-refractivity contribution in [1.82, 2.24) is 15.0 Å². The van der Waals surface area contributed by atoms with E-state index in [0.717, 1.165) is 5.56 Å². The number of hydrogen-bond donors (Lipinski definition) is 3. The Morgan fingerprint density at radius 3 is 2.82 bits per heavy atom. The zero-order valence-corrected chi connectivity index (χ0v) is 21.1. The number of aliphatic imine (C=N–C) groups is 1. The number of anilines is 2. The quantitative estimate of drug-likeness (QED) is 0.282. The minimum atomic E-state index is -0.427. The second kappa shape index (κ2) is 11.1. The highest BCUT2D eigenvalue weighted by Crippen LogP contribution is 2.37. The molecular weight excluding hydrogens is 487 g/mol. The second-order valence-electron chi connectivity index (χ2n) is 9.27. The Bertz CT molecular complexity index is 1520. The van der Waals surface area contributed by atoms with E-state index in [9.17, 15) is 5.11 Å². The lowest BCUT2D eigenvalue weighted by molar-refractivity contribution is -0.0773. The molecule has 4 N–H and O–H groups in total. The summed E-state index contributed by atoms with van der Waals surface area (Å²) in [4.78, 5) is 17.5. The molecule has 2 atom stereocenters. The molecule has 0 radical (unpaired) electrons. The van der Waals surface area contributed by atoms with Gasteiger partial charge in [-0.1, -0.05) is 0 Å². The van der Waals surface area contributed by atoms with Gasteiger partial charge in [-0.2, -0.15) is 0 Å². The highest BCUT2D eigenvalue weighted by molar-refractivity contribution is 6.11. The average molecular weight is 517 g/mol. The molecule has 0 bridgehead atoms. The summed E-state index contributed by atoms with van der Waals surface area (Å²) in [5.41, 5.74) is 8.70. The fourth-order valence-electron chi connectivity index (χ4n) is 4.14. The largest absolute Gasteiger partial charge is 0.489 e. The number of halogens is 1. The summed E-state index contributed by atoms with van der Waals surface area (Å²) in [5.74, 6) is 0.739. The zero-order valence-electron chi connectivity index (χ0n) is 21.1. The molecule has 1 aliphatic heterocycles. The monoisotopic (exact) mass is 516 g/mol. The SMILES string of the molecule is CC(CO)N=C/C(=C\N)c1cc(O[C@H](C)C2COC2)c2c(Nc3ccc4ncccc4c3F)ncnc2c1. The van der Waals surface area contributed by atoms with Gasteiger partial charge in [-0.3, -0.25) is 9.98 Å². The smallest absolute Gasteiger partial charge is 0.156 e. The van der Waals surface area contributed by atoms with E-state index >= 15 is 4.39 Å². The average Bonchev–Trinajstić information content (AvgIpc) is 2.89. The number of pyridine rings is 1. The summed E-state index contributed by atoms with van der Waals surface area (Å²) in [5, 5.41) is 13.5. The molecule has 38 heavy (non-hydrogen) atoms. The van der Waals surface area contributed by atoms with Gasteiger partial charge in [-0.25, -0.2) is 14.4 Å². The number of fused-ring (bicyclic) bond motifs is 2. The molecule has 5 rings (SSSR count). The van der Waals surface area contributed by atoms with Crippen molar-refractivity contribution >= 4 is 45.1 Å². The van der Waals surface area contributed by atoms with Gasteiger partial charge in [0.05, 0.1) is 48.0 Å². The van der Waals surface area contributed by atoms with Gasteiger partial charge < -0.3 is 25.6 Å². The Morgan fingerprint density at radius 1 is 1.24 bits per heavy atom. The van der Waals surface area contributed by atoms with Gasteiger partial charge in [0.2, 0.25) is 0 Å². The van der Waals surface area contributed by atoms with Crippen molar-refractivity contribution in [3.63, 3.8) is 0 Å². The lowest BCUT2D eigenvalue weighted by Crippen LogP contribution is -2.39. The molecule has 4 aromatic rings. The van der Waals surface area contributed by atoms with Crippen LogP contribution in [0.3, 0.4) is 0 Å². The molecule has 0 saturated carbocycles. The van der Waals surface area contributed by atoms with Crippen LogP contribution in [0.25, 0.3) is 27.4 Å². The molecule has 0 aliphatic carbocycles. The Labute approximate surface area is 219 Å². The number of benzene rings is 2. The van der Waals surface area contributed by atoms with Crippen LogP contribution >= 0.6 is 0 Å². The van der Waals surface area contributed by atoms with Crippen molar-refractivity contribution in [1.29, 1.82) is 0 Å². The molecular formula is C28H29FN6O3. The first-order chi connectivity index (χ1) is 18.5.